The third-order valence-corrected chi connectivity index (χ3v) is 2.80. The zero-order valence-corrected chi connectivity index (χ0v) is 8.57. The van der Waals surface area contributed by atoms with E-state index in [1.807, 2.05) is 0 Å². The molecule has 0 spiro atoms. The molecule has 16 heavy (non-hydrogen) atoms. The summed E-state index contributed by atoms with van der Waals surface area (Å²) in [6.07, 6.45) is 0. The second kappa shape index (κ2) is 3.31. The number of fused-ring (bicyclic) bond motifs is 1. The third-order valence-electron chi connectivity index (χ3n) is 2.80. The Labute approximate surface area is 91.9 Å². The Kier molecular flexibility index (Phi) is 1.94. The molecule has 1 aliphatic heterocycles. The second-order valence-electron chi connectivity index (χ2n) is 3.78. The van der Waals surface area contributed by atoms with Crippen molar-refractivity contribution in [3.63, 3.8) is 0 Å². The fourth-order valence-corrected chi connectivity index (χ4v) is 2.01. The summed E-state index contributed by atoms with van der Waals surface area (Å²) in [6, 6.07) is 6.55. The summed E-state index contributed by atoms with van der Waals surface area (Å²) in [5, 5.41) is 7.35. The van der Waals surface area contributed by atoms with E-state index in [9.17, 15) is 4.39 Å². The largest absolute Gasteiger partial charge is 0.382 e. The molecule has 0 amide bonds. The first-order chi connectivity index (χ1) is 7.77. The van der Waals surface area contributed by atoms with Gasteiger partial charge in [-0.3, -0.25) is 0 Å². The number of hydrogen-bond donors (Lipinski definition) is 2. The predicted molar refractivity (Wildman–Crippen MR) is 58.5 cm³/mol. The summed E-state index contributed by atoms with van der Waals surface area (Å²) in [7, 11) is 0. The number of rotatable bonds is 1. The molecule has 2 aromatic rings. The summed E-state index contributed by atoms with van der Waals surface area (Å²) in [6.45, 7) is 1.38. The van der Waals surface area contributed by atoms with E-state index in [1.165, 1.54) is 6.07 Å². The van der Waals surface area contributed by atoms with Gasteiger partial charge in [-0.05, 0) is 12.1 Å². The number of nitrogens with one attached hydrogen (secondary N) is 1. The van der Waals surface area contributed by atoms with Crippen molar-refractivity contribution in [2.75, 3.05) is 5.73 Å². The van der Waals surface area contributed by atoms with Crippen LogP contribution in [-0.2, 0) is 13.1 Å². The molecular weight excluding hydrogens is 207 g/mol. The molecular formula is C11H11FN4. The number of nitrogen functional groups attached to an aromatic ring is 1. The molecule has 5 heteroatoms. The molecule has 82 valence electrons. The van der Waals surface area contributed by atoms with Gasteiger partial charge in [0.25, 0.3) is 0 Å². The van der Waals surface area contributed by atoms with Crippen molar-refractivity contribution in [2.24, 2.45) is 0 Å². The van der Waals surface area contributed by atoms with Crippen molar-refractivity contribution in [3.05, 3.63) is 41.3 Å². The van der Waals surface area contributed by atoms with Crippen molar-refractivity contribution in [3.8, 4) is 5.69 Å². The Morgan fingerprint density at radius 1 is 1.31 bits per heavy atom. The zero-order valence-electron chi connectivity index (χ0n) is 8.57. The average molecular weight is 218 g/mol. The molecule has 0 aliphatic carbocycles. The monoisotopic (exact) mass is 218 g/mol. The molecule has 0 atom stereocenters. The number of nitrogens with two attached hydrogens (primary N) is 1. The van der Waals surface area contributed by atoms with Gasteiger partial charge in [0, 0.05) is 18.7 Å². The number of nitrogens with zero attached hydrogens (tertiary/aromatic N) is 2. The number of hydrogen-bond acceptors (Lipinski definition) is 3. The highest BCUT2D eigenvalue weighted by atomic mass is 19.1. The minimum absolute atomic E-state index is 0.292. The summed E-state index contributed by atoms with van der Waals surface area (Å²) in [4.78, 5) is 0. The molecule has 4 nitrogen and oxygen atoms in total. The van der Waals surface area contributed by atoms with Gasteiger partial charge in [-0.1, -0.05) is 12.1 Å². The number of benzene rings is 1. The van der Waals surface area contributed by atoms with Gasteiger partial charge in [-0.15, -0.1) is 5.10 Å². The molecule has 0 saturated heterocycles. The van der Waals surface area contributed by atoms with Crippen LogP contribution in [0.4, 0.5) is 10.2 Å². The summed E-state index contributed by atoms with van der Waals surface area (Å²) in [5.74, 6) is 0.183. The highest BCUT2D eigenvalue weighted by Crippen LogP contribution is 2.25. The highest BCUT2D eigenvalue weighted by molar-refractivity contribution is 5.49. The van der Waals surface area contributed by atoms with Gasteiger partial charge in [0.15, 0.2) is 5.82 Å². The molecule has 0 bridgehead atoms. The average Bonchev–Trinajstić information content (AvgIpc) is 2.84. The maximum atomic E-state index is 13.6. The second-order valence-corrected chi connectivity index (χ2v) is 3.78. The van der Waals surface area contributed by atoms with Crippen LogP contribution < -0.4 is 11.1 Å². The summed E-state index contributed by atoms with van der Waals surface area (Å²) in [5.41, 5.74) is 8.15. The van der Waals surface area contributed by atoms with Crippen LogP contribution >= 0.6 is 0 Å². The lowest BCUT2D eigenvalue weighted by atomic mass is 10.2. The first-order valence-corrected chi connectivity index (χ1v) is 5.09. The Morgan fingerprint density at radius 3 is 2.94 bits per heavy atom. The van der Waals surface area contributed by atoms with Crippen LogP contribution in [0.1, 0.15) is 11.3 Å². The van der Waals surface area contributed by atoms with Crippen LogP contribution in [0.2, 0.25) is 0 Å². The van der Waals surface area contributed by atoms with E-state index in [2.05, 4.69) is 10.4 Å². The highest BCUT2D eigenvalue weighted by Gasteiger charge is 2.22. The van der Waals surface area contributed by atoms with Crippen LogP contribution in [0.15, 0.2) is 24.3 Å². The minimum atomic E-state index is -0.292. The molecule has 0 radical (unpaired) electrons. The lowest BCUT2D eigenvalue weighted by molar-refractivity contribution is 0.604. The van der Waals surface area contributed by atoms with Gasteiger partial charge in [0.1, 0.15) is 11.5 Å². The Bertz CT molecular complexity index is 547. The van der Waals surface area contributed by atoms with E-state index in [1.54, 1.807) is 22.9 Å². The molecule has 0 saturated carbocycles. The first kappa shape index (κ1) is 9.35. The SMILES string of the molecule is Nc1nn(-c2ccccc2F)c2c1CNC2. The number of anilines is 1. The van der Waals surface area contributed by atoms with Crippen molar-refractivity contribution >= 4 is 5.82 Å². The number of para-hydroxylation sites is 1. The van der Waals surface area contributed by atoms with Crippen molar-refractivity contribution in [1.82, 2.24) is 15.1 Å². The molecule has 2 heterocycles. The maximum Gasteiger partial charge on any atom is 0.150 e. The summed E-state index contributed by atoms with van der Waals surface area (Å²) < 4.78 is 15.2. The quantitative estimate of drug-likeness (QED) is 0.756. The topological polar surface area (TPSA) is 55.9 Å². The molecule has 1 aromatic carbocycles. The van der Waals surface area contributed by atoms with E-state index >= 15 is 0 Å². The van der Waals surface area contributed by atoms with Crippen molar-refractivity contribution in [2.45, 2.75) is 13.1 Å². The smallest absolute Gasteiger partial charge is 0.150 e. The summed E-state index contributed by atoms with van der Waals surface area (Å²) >= 11 is 0. The van der Waals surface area contributed by atoms with Gasteiger partial charge in [-0.2, -0.15) is 0 Å². The fraction of sp³-hybridized carbons (Fsp3) is 0.182. The lowest BCUT2D eigenvalue weighted by Crippen LogP contribution is -2.09. The molecule has 3 N–H and O–H groups in total. The van der Waals surface area contributed by atoms with E-state index in [0.29, 0.717) is 24.6 Å². The van der Waals surface area contributed by atoms with E-state index in [0.717, 1.165) is 11.3 Å². The van der Waals surface area contributed by atoms with Crippen LogP contribution in [0.3, 0.4) is 0 Å². The van der Waals surface area contributed by atoms with Gasteiger partial charge in [-0.25, -0.2) is 9.07 Å². The molecule has 0 unspecified atom stereocenters. The Morgan fingerprint density at radius 2 is 2.12 bits per heavy atom. The fourth-order valence-electron chi connectivity index (χ4n) is 2.01. The zero-order chi connectivity index (χ0) is 11.1. The van der Waals surface area contributed by atoms with E-state index in [4.69, 9.17) is 5.73 Å². The van der Waals surface area contributed by atoms with E-state index < -0.39 is 0 Å². The standard InChI is InChI=1S/C11H11FN4/c12-8-3-1-2-4-9(8)16-10-6-14-5-7(10)11(13)15-16/h1-4,14H,5-6H2,(H2,13,15). The van der Waals surface area contributed by atoms with E-state index in [-0.39, 0.29) is 5.82 Å². The van der Waals surface area contributed by atoms with Crippen LogP contribution in [0.25, 0.3) is 5.69 Å². The van der Waals surface area contributed by atoms with Crippen LogP contribution in [0, 0.1) is 5.82 Å². The Hall–Kier alpha value is -1.88. The van der Waals surface area contributed by atoms with Crippen LogP contribution in [-0.4, -0.2) is 9.78 Å². The third kappa shape index (κ3) is 1.22. The molecule has 0 fully saturated rings. The number of aromatic nitrogens is 2. The molecule has 3 rings (SSSR count). The molecule has 1 aromatic heterocycles. The van der Waals surface area contributed by atoms with Gasteiger partial charge < -0.3 is 11.1 Å². The molecule has 1 aliphatic rings. The lowest BCUT2D eigenvalue weighted by Gasteiger charge is -2.05. The van der Waals surface area contributed by atoms with Crippen molar-refractivity contribution in [1.29, 1.82) is 0 Å². The predicted octanol–water partition coefficient (Wildman–Crippen LogP) is 1.20. The van der Waals surface area contributed by atoms with Crippen LogP contribution in [0.5, 0.6) is 0 Å². The normalized spacial score (nSPS) is 14.1. The van der Waals surface area contributed by atoms with Crippen molar-refractivity contribution < 1.29 is 4.39 Å². The van der Waals surface area contributed by atoms with Gasteiger partial charge in [0.05, 0.1) is 5.69 Å². The van der Waals surface area contributed by atoms with Gasteiger partial charge >= 0.3 is 0 Å². The maximum absolute atomic E-state index is 13.6. The first-order valence-electron chi connectivity index (χ1n) is 5.09. The van der Waals surface area contributed by atoms with Gasteiger partial charge in [0.2, 0.25) is 0 Å². The number of halogens is 1. The Balaban J connectivity index is 2.21. The minimum Gasteiger partial charge on any atom is -0.382 e.